The van der Waals surface area contributed by atoms with Crippen LogP contribution < -0.4 is 5.32 Å². The highest BCUT2D eigenvalue weighted by Gasteiger charge is 2.28. The molecule has 0 unspecified atom stereocenters. The van der Waals surface area contributed by atoms with Gasteiger partial charge in [-0.15, -0.1) is 0 Å². The lowest BCUT2D eigenvalue weighted by Gasteiger charge is -2.23. The fraction of sp³-hybridized carbons (Fsp3) is 0.524. The minimum atomic E-state index is -0.819. The molecule has 2 N–H and O–H groups in total. The maximum atomic E-state index is 12.2. The van der Waals surface area contributed by atoms with Crippen molar-refractivity contribution in [3.05, 3.63) is 47.5 Å². The van der Waals surface area contributed by atoms with Gasteiger partial charge >= 0.3 is 12.1 Å². The van der Waals surface area contributed by atoms with E-state index in [1.807, 2.05) is 36.4 Å². The van der Waals surface area contributed by atoms with Gasteiger partial charge in [0.2, 0.25) is 0 Å². The number of alkyl carbamates (subject to hydrolysis) is 1. The van der Waals surface area contributed by atoms with Crippen LogP contribution in [-0.2, 0) is 20.9 Å². The van der Waals surface area contributed by atoms with Crippen LogP contribution in [0.1, 0.15) is 45.6 Å². The molecule has 1 aliphatic rings. The molecule has 1 saturated carbocycles. The summed E-state index contributed by atoms with van der Waals surface area (Å²) in [6.45, 7) is 6.04. The van der Waals surface area contributed by atoms with Crippen LogP contribution in [0.2, 0.25) is 0 Å². The minimum absolute atomic E-state index is 0.240. The third-order valence-corrected chi connectivity index (χ3v) is 4.23. The predicted molar refractivity (Wildman–Crippen MR) is 102 cm³/mol. The van der Waals surface area contributed by atoms with E-state index >= 15 is 0 Å². The number of carbonyl (C=O) groups is 2. The summed E-state index contributed by atoms with van der Waals surface area (Å²) in [6, 6.07) is 9.30. The molecule has 1 aromatic carbocycles. The van der Waals surface area contributed by atoms with Crippen LogP contribution >= 0.6 is 0 Å². The van der Waals surface area contributed by atoms with Crippen molar-refractivity contribution in [1.29, 1.82) is 0 Å². The van der Waals surface area contributed by atoms with Crippen LogP contribution in [0.4, 0.5) is 4.79 Å². The van der Waals surface area contributed by atoms with Crippen molar-refractivity contribution in [3.63, 3.8) is 0 Å². The summed E-state index contributed by atoms with van der Waals surface area (Å²) in [5.41, 5.74) is 1.27. The van der Waals surface area contributed by atoms with Gasteiger partial charge in [0, 0.05) is 0 Å². The lowest BCUT2D eigenvalue weighted by Crippen LogP contribution is -2.40. The number of carboxylic acids is 1. The Morgan fingerprint density at radius 2 is 2.00 bits per heavy atom. The Balaban J connectivity index is 2.03. The summed E-state index contributed by atoms with van der Waals surface area (Å²) >= 11 is 0. The number of benzene rings is 1. The number of carboxylic acid groups (broad SMARTS) is 1. The van der Waals surface area contributed by atoms with Gasteiger partial charge in [0.25, 0.3) is 0 Å². The van der Waals surface area contributed by atoms with Gasteiger partial charge < -0.3 is 19.9 Å². The normalized spacial score (nSPS) is 19.7. The van der Waals surface area contributed by atoms with Crippen molar-refractivity contribution in [3.8, 4) is 0 Å². The summed E-state index contributed by atoms with van der Waals surface area (Å²) in [6.07, 6.45) is 3.47. The highest BCUT2D eigenvalue weighted by molar-refractivity contribution is 5.74. The Labute approximate surface area is 160 Å². The quantitative estimate of drug-likeness (QED) is 0.706. The molecule has 0 bridgehead atoms. The maximum absolute atomic E-state index is 12.2. The van der Waals surface area contributed by atoms with E-state index in [0.29, 0.717) is 13.0 Å². The highest BCUT2D eigenvalue weighted by atomic mass is 16.6. The number of rotatable bonds is 7. The first-order chi connectivity index (χ1) is 12.7. The summed E-state index contributed by atoms with van der Waals surface area (Å²) in [4.78, 5) is 23.6. The van der Waals surface area contributed by atoms with Gasteiger partial charge in [-0.3, -0.25) is 4.79 Å². The van der Waals surface area contributed by atoms with E-state index in [4.69, 9.17) is 9.47 Å². The van der Waals surface area contributed by atoms with Crippen LogP contribution in [0.25, 0.3) is 0 Å². The molecule has 2 rings (SSSR count). The van der Waals surface area contributed by atoms with Crippen LogP contribution in [-0.4, -0.2) is 35.4 Å². The van der Waals surface area contributed by atoms with E-state index in [1.165, 1.54) is 0 Å². The zero-order valence-corrected chi connectivity index (χ0v) is 16.2. The summed E-state index contributed by atoms with van der Waals surface area (Å²) < 4.78 is 11.1. The van der Waals surface area contributed by atoms with Crippen LogP contribution in [0.5, 0.6) is 0 Å². The molecule has 1 fully saturated rings. The molecule has 6 heteroatoms. The molecule has 1 amide bonds. The monoisotopic (exact) mass is 375 g/mol. The second-order valence-corrected chi connectivity index (χ2v) is 7.78. The Hall–Kier alpha value is -2.34. The molecule has 2 atom stereocenters. The average molecular weight is 375 g/mol. The Bertz CT molecular complexity index is 663. The molecule has 0 saturated heterocycles. The predicted octanol–water partition coefficient (Wildman–Crippen LogP) is 3.91. The van der Waals surface area contributed by atoms with Crippen molar-refractivity contribution in [2.24, 2.45) is 5.92 Å². The number of ether oxygens (including phenoxy) is 2. The third kappa shape index (κ3) is 7.43. The zero-order valence-electron chi connectivity index (χ0n) is 16.2. The second kappa shape index (κ2) is 9.55. The van der Waals surface area contributed by atoms with Gasteiger partial charge in [-0.2, -0.15) is 0 Å². The number of hydrogen-bond acceptors (Lipinski definition) is 4. The van der Waals surface area contributed by atoms with Crippen LogP contribution in [0, 0.1) is 5.92 Å². The Kier molecular flexibility index (Phi) is 7.42. The number of aliphatic carboxylic acids is 1. The molecular weight excluding hydrogens is 346 g/mol. The van der Waals surface area contributed by atoms with E-state index in [0.717, 1.165) is 24.0 Å². The van der Waals surface area contributed by atoms with Gasteiger partial charge in [0.05, 0.1) is 25.2 Å². The molecule has 0 aliphatic heterocycles. The molecule has 6 nitrogen and oxygen atoms in total. The molecule has 148 valence electrons. The summed E-state index contributed by atoms with van der Waals surface area (Å²) in [5, 5.41) is 12.2. The van der Waals surface area contributed by atoms with Gasteiger partial charge in [-0.05, 0) is 45.6 Å². The van der Waals surface area contributed by atoms with Crippen LogP contribution in [0.3, 0.4) is 0 Å². The number of carbonyl (C=O) groups excluding carboxylic acids is 1. The van der Waals surface area contributed by atoms with E-state index in [9.17, 15) is 14.7 Å². The van der Waals surface area contributed by atoms with E-state index < -0.39 is 29.6 Å². The molecule has 0 spiro atoms. The molecular formula is C21H29NO5. The maximum Gasteiger partial charge on any atom is 0.408 e. The molecule has 27 heavy (non-hydrogen) atoms. The number of nitrogens with one attached hydrogen (secondary N) is 1. The molecule has 1 aromatic rings. The lowest BCUT2D eigenvalue weighted by molar-refractivity contribution is -0.140. The zero-order chi connectivity index (χ0) is 19.9. The fourth-order valence-electron chi connectivity index (χ4n) is 3.08. The lowest BCUT2D eigenvalue weighted by atomic mass is 10.0. The van der Waals surface area contributed by atoms with E-state index in [1.54, 1.807) is 20.8 Å². The van der Waals surface area contributed by atoms with Gasteiger partial charge in [0.1, 0.15) is 5.60 Å². The average Bonchev–Trinajstić information content (AvgIpc) is 3.02. The van der Waals surface area contributed by atoms with E-state index in [-0.39, 0.29) is 6.61 Å². The standard InChI is InChI=1S/C21H29NO5/c1-21(2,3)27-20(25)22-17(12-16-10-7-11-18(16)19(23)24)14-26-13-15-8-5-4-6-9-15/h4-6,8-9,12,17-18H,7,10-11,13-14H2,1-3H3,(H,22,25)(H,23,24)/t17-,18-/m1/s1. The van der Waals surface area contributed by atoms with Crippen molar-refractivity contribution in [2.45, 2.75) is 58.3 Å². The molecule has 0 radical (unpaired) electrons. The SMILES string of the molecule is CC(C)(C)OC(=O)N[C@H](C=C1CCC[C@H]1C(=O)O)COCc1ccccc1. The molecule has 0 aromatic heterocycles. The Morgan fingerprint density at radius 3 is 2.63 bits per heavy atom. The topological polar surface area (TPSA) is 84.9 Å². The smallest absolute Gasteiger partial charge is 0.408 e. The van der Waals surface area contributed by atoms with Crippen LogP contribution in [0.15, 0.2) is 42.0 Å². The molecule has 0 heterocycles. The van der Waals surface area contributed by atoms with E-state index in [2.05, 4.69) is 5.32 Å². The first-order valence-electron chi connectivity index (χ1n) is 9.29. The minimum Gasteiger partial charge on any atom is -0.481 e. The first kappa shape index (κ1) is 21.0. The first-order valence-corrected chi connectivity index (χ1v) is 9.29. The van der Waals surface area contributed by atoms with Crippen molar-refractivity contribution in [1.82, 2.24) is 5.32 Å². The van der Waals surface area contributed by atoms with Crippen molar-refractivity contribution < 1.29 is 24.2 Å². The van der Waals surface area contributed by atoms with Gasteiger partial charge in [0.15, 0.2) is 0 Å². The highest BCUT2D eigenvalue weighted by Crippen LogP contribution is 2.31. The number of amides is 1. The Morgan fingerprint density at radius 1 is 1.30 bits per heavy atom. The number of hydrogen-bond donors (Lipinski definition) is 2. The van der Waals surface area contributed by atoms with Gasteiger partial charge in [-0.1, -0.05) is 42.0 Å². The summed E-state index contributed by atoms with van der Waals surface area (Å²) in [5.74, 6) is -1.30. The fourth-order valence-corrected chi connectivity index (χ4v) is 3.08. The largest absolute Gasteiger partial charge is 0.481 e. The summed E-state index contributed by atoms with van der Waals surface area (Å²) in [7, 11) is 0. The molecule has 1 aliphatic carbocycles. The van der Waals surface area contributed by atoms with Gasteiger partial charge in [-0.25, -0.2) is 4.79 Å². The van der Waals surface area contributed by atoms with Crippen molar-refractivity contribution in [2.75, 3.05) is 6.61 Å². The third-order valence-electron chi connectivity index (χ3n) is 4.23. The second-order valence-electron chi connectivity index (χ2n) is 7.78. The van der Waals surface area contributed by atoms with Crippen molar-refractivity contribution >= 4 is 12.1 Å².